The van der Waals surface area contributed by atoms with Crippen molar-refractivity contribution >= 4 is 0 Å². The molecule has 1 aliphatic carbocycles. The molecule has 1 saturated heterocycles. The maximum absolute atomic E-state index is 13.2. The van der Waals surface area contributed by atoms with Crippen LogP contribution in [0.5, 0.6) is 0 Å². The van der Waals surface area contributed by atoms with Crippen molar-refractivity contribution in [2.24, 2.45) is 11.8 Å². The third-order valence-electron chi connectivity index (χ3n) is 3.14. The second-order valence-electron chi connectivity index (χ2n) is 3.87. The van der Waals surface area contributed by atoms with Crippen molar-refractivity contribution in [2.45, 2.75) is 19.0 Å². The fraction of sp³-hybridized carbons (Fsp3) is 0.889. The molecule has 3 heteroatoms. The molecule has 0 radical (unpaired) electrons. The predicted molar refractivity (Wildman–Crippen MR) is 43.2 cm³/mol. The lowest BCUT2D eigenvalue weighted by Crippen LogP contribution is -2.23. The van der Waals surface area contributed by atoms with Gasteiger partial charge in [0.15, 0.2) is 0 Å². The van der Waals surface area contributed by atoms with E-state index in [1.165, 1.54) is 0 Å². The minimum Gasteiger partial charge on any atom is -0.290 e. The van der Waals surface area contributed by atoms with Crippen LogP contribution in [-0.4, -0.2) is 30.7 Å². The van der Waals surface area contributed by atoms with Crippen molar-refractivity contribution < 1.29 is 4.39 Å². The van der Waals surface area contributed by atoms with Gasteiger partial charge >= 0.3 is 0 Å². The van der Waals surface area contributed by atoms with Gasteiger partial charge in [-0.05, 0) is 18.8 Å². The number of alkyl halides is 1. The minimum absolute atomic E-state index is 0.235. The Kier molecular flexibility index (Phi) is 2.02. The summed E-state index contributed by atoms with van der Waals surface area (Å²) in [6.07, 6.45) is 1.17. The molecule has 12 heavy (non-hydrogen) atoms. The lowest BCUT2D eigenvalue weighted by atomic mass is 10.0. The molecule has 2 nitrogen and oxygen atoms in total. The molecule has 0 N–H and O–H groups in total. The highest BCUT2D eigenvalue weighted by atomic mass is 19.1. The Bertz CT molecular complexity index is 211. The quantitative estimate of drug-likeness (QED) is 0.550. The molecular weight excluding hydrogens is 155 g/mol. The summed E-state index contributed by atoms with van der Waals surface area (Å²) < 4.78 is 13.2. The lowest BCUT2D eigenvalue weighted by molar-refractivity contribution is 0.241. The van der Waals surface area contributed by atoms with Crippen LogP contribution in [0.25, 0.3) is 0 Å². The van der Waals surface area contributed by atoms with Crippen molar-refractivity contribution in [3.8, 4) is 6.07 Å². The van der Waals surface area contributed by atoms with Crippen molar-refractivity contribution in [3.63, 3.8) is 0 Å². The number of fused-ring (bicyclic) bond motifs is 1. The van der Waals surface area contributed by atoms with Gasteiger partial charge in [0.25, 0.3) is 0 Å². The smallest absolute Gasteiger partial charge is 0.104 e. The average Bonchev–Trinajstić information content (AvgIpc) is 2.55. The summed E-state index contributed by atoms with van der Waals surface area (Å²) in [7, 11) is 0. The SMILES string of the molecule is N#CCN1CC2CCC(F)C2C1. The summed E-state index contributed by atoms with van der Waals surface area (Å²) in [5, 5.41) is 8.47. The Morgan fingerprint density at radius 1 is 1.42 bits per heavy atom. The van der Waals surface area contributed by atoms with Gasteiger partial charge in [-0.15, -0.1) is 0 Å². The number of hydrogen-bond acceptors (Lipinski definition) is 2. The van der Waals surface area contributed by atoms with Crippen LogP contribution in [-0.2, 0) is 0 Å². The van der Waals surface area contributed by atoms with E-state index in [-0.39, 0.29) is 5.92 Å². The van der Waals surface area contributed by atoms with Crippen LogP contribution in [0.15, 0.2) is 0 Å². The van der Waals surface area contributed by atoms with E-state index in [0.29, 0.717) is 12.5 Å². The van der Waals surface area contributed by atoms with Crippen LogP contribution in [0.3, 0.4) is 0 Å². The molecule has 66 valence electrons. The zero-order valence-corrected chi connectivity index (χ0v) is 7.04. The van der Waals surface area contributed by atoms with Gasteiger partial charge in [0.2, 0.25) is 0 Å². The van der Waals surface area contributed by atoms with E-state index in [1.807, 2.05) is 0 Å². The largest absolute Gasteiger partial charge is 0.290 e. The Hall–Kier alpha value is -0.620. The molecule has 3 atom stereocenters. The second-order valence-corrected chi connectivity index (χ2v) is 3.87. The van der Waals surface area contributed by atoms with Crippen molar-refractivity contribution in [3.05, 3.63) is 0 Å². The van der Waals surface area contributed by atoms with Crippen LogP contribution in [0.4, 0.5) is 4.39 Å². The average molecular weight is 168 g/mol. The van der Waals surface area contributed by atoms with Gasteiger partial charge in [0.1, 0.15) is 6.17 Å². The number of likely N-dealkylation sites (tertiary alicyclic amines) is 1. The highest BCUT2D eigenvalue weighted by Gasteiger charge is 2.42. The molecule has 0 aromatic carbocycles. The summed E-state index contributed by atoms with van der Waals surface area (Å²) >= 11 is 0. The molecule has 1 aliphatic heterocycles. The van der Waals surface area contributed by atoms with Gasteiger partial charge < -0.3 is 0 Å². The molecule has 1 saturated carbocycles. The third kappa shape index (κ3) is 1.21. The minimum atomic E-state index is -0.598. The number of nitriles is 1. The first-order valence-electron chi connectivity index (χ1n) is 4.54. The normalized spacial score (nSPS) is 41.2. The lowest BCUT2D eigenvalue weighted by Gasteiger charge is -2.12. The molecule has 1 heterocycles. The first kappa shape index (κ1) is 8.00. The Balaban J connectivity index is 1.95. The van der Waals surface area contributed by atoms with E-state index in [0.717, 1.165) is 25.9 Å². The molecule has 0 spiro atoms. The number of hydrogen-bond donors (Lipinski definition) is 0. The van der Waals surface area contributed by atoms with Crippen LogP contribution in [0.1, 0.15) is 12.8 Å². The summed E-state index contributed by atoms with van der Waals surface area (Å²) in [5.74, 6) is 0.770. The predicted octanol–water partition coefficient (Wildman–Crippen LogP) is 1.19. The maximum atomic E-state index is 13.2. The van der Waals surface area contributed by atoms with Crippen molar-refractivity contribution in [1.29, 1.82) is 5.26 Å². The maximum Gasteiger partial charge on any atom is 0.104 e. The molecule has 2 fully saturated rings. The van der Waals surface area contributed by atoms with Crippen LogP contribution in [0, 0.1) is 23.2 Å². The molecular formula is C9H13FN2. The summed E-state index contributed by atoms with van der Waals surface area (Å²) in [6, 6.07) is 2.12. The second kappa shape index (κ2) is 3.02. The van der Waals surface area contributed by atoms with Gasteiger partial charge in [-0.2, -0.15) is 5.26 Å². The van der Waals surface area contributed by atoms with Gasteiger partial charge in [-0.25, -0.2) is 4.39 Å². The molecule has 0 amide bonds. The summed E-state index contributed by atoms with van der Waals surface area (Å²) in [5.41, 5.74) is 0. The highest BCUT2D eigenvalue weighted by Crippen LogP contribution is 2.39. The van der Waals surface area contributed by atoms with E-state index in [9.17, 15) is 4.39 Å². The van der Waals surface area contributed by atoms with Gasteiger partial charge in [0, 0.05) is 19.0 Å². The van der Waals surface area contributed by atoms with Gasteiger partial charge in [-0.1, -0.05) is 0 Å². The topological polar surface area (TPSA) is 27.0 Å². The summed E-state index contributed by atoms with van der Waals surface area (Å²) in [6.45, 7) is 2.22. The first-order chi connectivity index (χ1) is 5.81. The van der Waals surface area contributed by atoms with Gasteiger partial charge in [-0.3, -0.25) is 4.90 Å². The molecule has 2 aliphatic rings. The number of halogens is 1. The third-order valence-corrected chi connectivity index (χ3v) is 3.14. The van der Waals surface area contributed by atoms with E-state index in [4.69, 9.17) is 5.26 Å². The number of nitrogens with zero attached hydrogens (tertiary/aromatic N) is 2. The monoisotopic (exact) mass is 168 g/mol. The standard InChI is InChI=1S/C9H13FN2/c10-9-2-1-7-5-12(4-3-11)6-8(7)9/h7-9H,1-2,4-6H2. The van der Waals surface area contributed by atoms with Crippen LogP contribution in [0.2, 0.25) is 0 Å². The van der Waals surface area contributed by atoms with Crippen LogP contribution < -0.4 is 0 Å². The van der Waals surface area contributed by atoms with Crippen molar-refractivity contribution in [1.82, 2.24) is 4.90 Å². The van der Waals surface area contributed by atoms with E-state index in [1.54, 1.807) is 0 Å². The molecule has 2 rings (SSSR count). The summed E-state index contributed by atoms with van der Waals surface area (Å²) in [4.78, 5) is 2.07. The van der Waals surface area contributed by atoms with E-state index >= 15 is 0 Å². The Morgan fingerprint density at radius 3 is 2.92 bits per heavy atom. The molecule has 0 bridgehead atoms. The molecule has 3 unspecified atom stereocenters. The molecule has 0 aromatic rings. The fourth-order valence-electron chi connectivity index (χ4n) is 2.52. The number of rotatable bonds is 1. The molecule has 0 aromatic heterocycles. The Morgan fingerprint density at radius 2 is 2.25 bits per heavy atom. The fourth-order valence-corrected chi connectivity index (χ4v) is 2.52. The van der Waals surface area contributed by atoms with E-state index < -0.39 is 6.17 Å². The highest BCUT2D eigenvalue weighted by molar-refractivity contribution is 4.95. The van der Waals surface area contributed by atoms with Crippen LogP contribution >= 0.6 is 0 Å². The zero-order chi connectivity index (χ0) is 8.55. The van der Waals surface area contributed by atoms with Crippen molar-refractivity contribution in [2.75, 3.05) is 19.6 Å². The van der Waals surface area contributed by atoms with E-state index in [2.05, 4.69) is 11.0 Å². The zero-order valence-electron chi connectivity index (χ0n) is 7.04. The van der Waals surface area contributed by atoms with Gasteiger partial charge in [0.05, 0.1) is 12.6 Å². The Labute approximate surface area is 72.0 Å². The first-order valence-corrected chi connectivity index (χ1v) is 4.54.